The number of carbonyl (C=O) groups is 1. The summed E-state index contributed by atoms with van der Waals surface area (Å²) in [5.41, 5.74) is 0.222. The molecule has 4 rings (SSSR count). The number of fused-ring (bicyclic) bond motifs is 1. The number of ether oxygens (including phenoxy) is 1. The van der Waals surface area contributed by atoms with Crippen molar-refractivity contribution in [2.75, 3.05) is 11.9 Å². The molecule has 0 aliphatic carbocycles. The summed E-state index contributed by atoms with van der Waals surface area (Å²) in [5.74, 6) is -0.961. The van der Waals surface area contributed by atoms with Crippen LogP contribution in [-0.4, -0.2) is 25.5 Å². The maximum atomic E-state index is 13.4. The first-order chi connectivity index (χ1) is 18.0. The molecule has 39 heavy (non-hydrogen) atoms. The summed E-state index contributed by atoms with van der Waals surface area (Å²) in [6.07, 6.45) is 0. The molecule has 4 aromatic rings. The second-order valence-corrected chi connectivity index (χ2v) is 10.3. The topological polar surface area (TPSA) is 140 Å². The normalized spacial score (nSPS) is 11.4. The Kier molecular flexibility index (Phi) is 10.0. The summed E-state index contributed by atoms with van der Waals surface area (Å²) >= 11 is 12.4. The molecule has 0 heterocycles. The quantitative estimate of drug-likeness (QED) is 0.189. The molecule has 1 amide bonds. The molecular weight excluding hydrogens is 576 g/mol. The van der Waals surface area contributed by atoms with Crippen LogP contribution in [0.15, 0.2) is 75.8 Å². The Balaban J connectivity index is 0.00000420. The smallest absolute Gasteiger partial charge is 0.870 e. The van der Waals surface area contributed by atoms with Crippen LogP contribution < -0.4 is 44.7 Å². The molecule has 196 valence electrons. The van der Waals surface area contributed by atoms with Crippen molar-refractivity contribution in [1.82, 2.24) is 0 Å². The summed E-state index contributed by atoms with van der Waals surface area (Å²) in [6.45, 7) is 3.81. The van der Waals surface area contributed by atoms with E-state index in [0.717, 1.165) is 0 Å². The van der Waals surface area contributed by atoms with Crippen LogP contribution in [0.25, 0.3) is 10.8 Å². The molecule has 9 nitrogen and oxygen atoms in total. The fraction of sp³-hybridized carbons (Fsp3) is 0.115. The standard InChI is InChI=1S/C26H21Cl2N3O6S.Na/c1-3-37-16-8-9-19(27)20(13-16)29-26(33)18-12-15-6-4-5-7-17(15)24(25(18)32)31-30-21-10-14(2)11-22(23(21)28)38(34,35)36;/h4-13,32H,3H2,1-2H3,(H,29,33)(H,34,35,36);/q;+1/p-1. The Hall–Kier alpha value is -2.70. The third-order valence-corrected chi connectivity index (χ3v) is 7.13. The molecule has 0 saturated heterocycles. The van der Waals surface area contributed by atoms with Gasteiger partial charge in [-0.2, -0.15) is 13.5 Å². The molecule has 0 spiro atoms. The first-order valence-corrected chi connectivity index (χ1v) is 13.3. The molecule has 13 heteroatoms. The van der Waals surface area contributed by atoms with Crippen LogP contribution in [0.2, 0.25) is 10.0 Å². The van der Waals surface area contributed by atoms with Crippen molar-refractivity contribution in [3.63, 3.8) is 0 Å². The monoisotopic (exact) mass is 595 g/mol. The maximum Gasteiger partial charge on any atom is 1.00 e. The van der Waals surface area contributed by atoms with Gasteiger partial charge < -0.3 is 15.2 Å². The SMILES string of the molecule is CCOc1ccc(Cl)c(NC(=O)c2cc3ccccc3c(N=Nc3cc(C)cc(S(=O)(=O)O)c3Cl)c2[O-])c1.[Na+]. The molecule has 2 N–H and O–H groups in total. The minimum atomic E-state index is -4.63. The van der Waals surface area contributed by atoms with Gasteiger partial charge >= 0.3 is 29.6 Å². The number of rotatable bonds is 7. The van der Waals surface area contributed by atoms with Crippen molar-refractivity contribution < 1.29 is 57.2 Å². The second-order valence-electron chi connectivity index (χ2n) is 8.12. The number of benzene rings is 4. The van der Waals surface area contributed by atoms with E-state index in [2.05, 4.69) is 15.5 Å². The Morgan fingerprint density at radius 3 is 2.49 bits per heavy atom. The van der Waals surface area contributed by atoms with E-state index in [1.807, 2.05) is 6.92 Å². The van der Waals surface area contributed by atoms with E-state index < -0.39 is 26.7 Å². The third kappa shape index (κ3) is 6.90. The molecular formula is C26H20Cl2N3NaO6S. The van der Waals surface area contributed by atoms with Crippen LogP contribution in [-0.2, 0) is 10.1 Å². The number of carbonyl (C=O) groups excluding carboxylic acids is 1. The van der Waals surface area contributed by atoms with Crippen LogP contribution in [0.3, 0.4) is 0 Å². The molecule has 0 aliphatic heterocycles. The largest absolute Gasteiger partial charge is 1.00 e. The molecule has 0 radical (unpaired) electrons. The number of amides is 1. The van der Waals surface area contributed by atoms with E-state index in [1.165, 1.54) is 18.2 Å². The van der Waals surface area contributed by atoms with Crippen LogP contribution in [0.1, 0.15) is 22.8 Å². The van der Waals surface area contributed by atoms with E-state index in [-0.39, 0.29) is 62.2 Å². The van der Waals surface area contributed by atoms with E-state index >= 15 is 0 Å². The summed E-state index contributed by atoms with van der Waals surface area (Å²) in [6, 6.07) is 15.6. The fourth-order valence-electron chi connectivity index (χ4n) is 3.71. The molecule has 0 bridgehead atoms. The number of nitrogens with zero attached hydrogens (tertiary/aromatic N) is 2. The minimum absolute atomic E-state index is 0. The fourth-order valence-corrected chi connectivity index (χ4v) is 4.98. The van der Waals surface area contributed by atoms with E-state index in [9.17, 15) is 22.9 Å². The second kappa shape index (κ2) is 12.6. The molecule has 0 atom stereocenters. The summed E-state index contributed by atoms with van der Waals surface area (Å²) in [5, 5.41) is 25.0. The van der Waals surface area contributed by atoms with Gasteiger partial charge in [-0.15, -0.1) is 5.11 Å². The summed E-state index contributed by atoms with van der Waals surface area (Å²) in [7, 11) is -4.63. The van der Waals surface area contributed by atoms with E-state index in [4.69, 9.17) is 27.9 Å². The van der Waals surface area contributed by atoms with Gasteiger partial charge in [0.15, 0.2) is 0 Å². The van der Waals surface area contributed by atoms with Crippen LogP contribution in [0, 0.1) is 6.92 Å². The van der Waals surface area contributed by atoms with Gasteiger partial charge in [0, 0.05) is 17.0 Å². The number of nitrogens with one attached hydrogen (secondary N) is 1. The third-order valence-electron chi connectivity index (χ3n) is 5.42. The molecule has 4 aromatic carbocycles. The molecule has 0 fully saturated rings. The maximum absolute atomic E-state index is 13.4. The Bertz CT molecular complexity index is 1710. The van der Waals surface area contributed by atoms with Gasteiger partial charge in [0.2, 0.25) is 0 Å². The van der Waals surface area contributed by atoms with Crippen molar-refractivity contribution in [2.24, 2.45) is 10.2 Å². The zero-order valence-electron chi connectivity index (χ0n) is 21.0. The average molecular weight is 596 g/mol. The van der Waals surface area contributed by atoms with Crippen molar-refractivity contribution in [1.29, 1.82) is 0 Å². The Morgan fingerprint density at radius 1 is 1.08 bits per heavy atom. The number of aryl methyl sites for hydroxylation is 1. The van der Waals surface area contributed by atoms with E-state index in [0.29, 0.717) is 28.7 Å². The number of hydrogen-bond donors (Lipinski definition) is 2. The molecule has 0 saturated carbocycles. The van der Waals surface area contributed by atoms with Gasteiger partial charge in [-0.1, -0.05) is 53.2 Å². The number of anilines is 1. The van der Waals surface area contributed by atoms with Gasteiger partial charge in [0.1, 0.15) is 16.3 Å². The summed E-state index contributed by atoms with van der Waals surface area (Å²) < 4.78 is 38.3. The zero-order chi connectivity index (χ0) is 27.6. The van der Waals surface area contributed by atoms with Crippen LogP contribution in [0.4, 0.5) is 17.1 Å². The predicted molar refractivity (Wildman–Crippen MR) is 144 cm³/mol. The van der Waals surface area contributed by atoms with Crippen molar-refractivity contribution in [2.45, 2.75) is 18.7 Å². The van der Waals surface area contributed by atoms with E-state index in [1.54, 1.807) is 49.4 Å². The average Bonchev–Trinajstić information content (AvgIpc) is 2.86. The summed E-state index contributed by atoms with van der Waals surface area (Å²) in [4.78, 5) is 12.6. The van der Waals surface area contributed by atoms with Crippen LogP contribution in [0.5, 0.6) is 11.5 Å². The predicted octanol–water partition coefficient (Wildman–Crippen LogP) is 3.85. The molecule has 0 aromatic heterocycles. The number of hydrogen-bond acceptors (Lipinski definition) is 7. The minimum Gasteiger partial charge on any atom is -0.870 e. The number of azo groups is 1. The van der Waals surface area contributed by atoms with Crippen molar-refractivity contribution in [3.8, 4) is 11.5 Å². The van der Waals surface area contributed by atoms with Gasteiger partial charge in [-0.25, -0.2) is 0 Å². The first-order valence-electron chi connectivity index (χ1n) is 11.2. The zero-order valence-corrected chi connectivity index (χ0v) is 25.4. The van der Waals surface area contributed by atoms with Gasteiger partial charge in [0.05, 0.1) is 28.0 Å². The number of halogens is 2. The van der Waals surface area contributed by atoms with Crippen molar-refractivity contribution >= 4 is 67.1 Å². The van der Waals surface area contributed by atoms with Gasteiger partial charge in [-0.3, -0.25) is 9.35 Å². The Morgan fingerprint density at radius 2 is 1.79 bits per heavy atom. The molecule has 0 aliphatic rings. The molecule has 0 unspecified atom stereocenters. The van der Waals surface area contributed by atoms with Gasteiger partial charge in [0.25, 0.3) is 16.0 Å². The van der Waals surface area contributed by atoms with Crippen molar-refractivity contribution in [3.05, 3.63) is 81.8 Å². The van der Waals surface area contributed by atoms with Crippen LogP contribution >= 0.6 is 23.2 Å². The first kappa shape index (κ1) is 30.8. The van der Waals surface area contributed by atoms with Gasteiger partial charge in [-0.05, 0) is 55.1 Å². The Labute approximate surface area is 256 Å².